The molecule has 1 aromatic heterocycles. The van der Waals surface area contributed by atoms with Crippen LogP contribution in [0.1, 0.15) is 58.5 Å². The van der Waals surface area contributed by atoms with E-state index < -0.39 is 0 Å². The summed E-state index contributed by atoms with van der Waals surface area (Å²) in [7, 11) is 1.62. The molecule has 6 nitrogen and oxygen atoms in total. The number of thiazole rings is 1. The number of nitrogens with one attached hydrogen (secondary N) is 1. The van der Waals surface area contributed by atoms with Crippen LogP contribution >= 0.6 is 11.3 Å². The zero-order chi connectivity index (χ0) is 20.1. The van der Waals surface area contributed by atoms with Crippen LogP contribution in [0, 0.1) is 6.92 Å². The van der Waals surface area contributed by atoms with Crippen molar-refractivity contribution in [2.75, 3.05) is 20.3 Å². The van der Waals surface area contributed by atoms with Crippen molar-refractivity contribution in [2.45, 2.75) is 52.2 Å². The molecule has 1 aromatic carbocycles. The summed E-state index contributed by atoms with van der Waals surface area (Å²) in [6, 6.07) is 5.71. The largest absolute Gasteiger partial charge is 0.493 e. The summed E-state index contributed by atoms with van der Waals surface area (Å²) in [5, 5.41) is 3.95. The van der Waals surface area contributed by atoms with Crippen molar-refractivity contribution in [3.05, 3.63) is 39.3 Å². The SMILES string of the molecule is COc1cc(CNC(=O)c2sc(C(C)C)nc2C)ccc1OCC1CCCO1. The fourth-order valence-corrected chi connectivity index (χ4v) is 4.02. The Morgan fingerprint density at radius 3 is 2.86 bits per heavy atom. The number of carbonyl (C=O) groups is 1. The van der Waals surface area contributed by atoms with E-state index in [4.69, 9.17) is 14.2 Å². The molecule has 0 radical (unpaired) electrons. The average Bonchev–Trinajstić information content (AvgIpc) is 3.34. The molecule has 28 heavy (non-hydrogen) atoms. The first-order valence-corrected chi connectivity index (χ1v) is 10.5. The molecule has 1 aliphatic rings. The number of hydrogen-bond donors (Lipinski definition) is 1. The Bertz CT molecular complexity index is 813. The van der Waals surface area contributed by atoms with E-state index in [0.29, 0.717) is 35.4 Å². The number of nitrogens with zero attached hydrogens (tertiary/aromatic N) is 1. The molecule has 1 aliphatic heterocycles. The van der Waals surface area contributed by atoms with E-state index in [1.807, 2.05) is 25.1 Å². The summed E-state index contributed by atoms with van der Waals surface area (Å²) in [6.07, 6.45) is 2.27. The van der Waals surface area contributed by atoms with Gasteiger partial charge in [-0.05, 0) is 37.5 Å². The minimum atomic E-state index is -0.0976. The Morgan fingerprint density at radius 2 is 2.21 bits per heavy atom. The molecule has 0 aliphatic carbocycles. The molecule has 1 fully saturated rings. The number of hydrogen-bond acceptors (Lipinski definition) is 6. The van der Waals surface area contributed by atoms with Gasteiger partial charge in [-0.1, -0.05) is 19.9 Å². The van der Waals surface area contributed by atoms with Gasteiger partial charge in [0.25, 0.3) is 5.91 Å². The first kappa shape index (κ1) is 20.6. The number of ether oxygens (including phenoxy) is 3. The van der Waals surface area contributed by atoms with E-state index in [9.17, 15) is 4.79 Å². The van der Waals surface area contributed by atoms with Gasteiger partial charge in [-0.25, -0.2) is 4.98 Å². The molecule has 152 valence electrons. The van der Waals surface area contributed by atoms with Crippen molar-refractivity contribution in [3.8, 4) is 11.5 Å². The topological polar surface area (TPSA) is 69.7 Å². The molecule has 2 heterocycles. The van der Waals surface area contributed by atoms with Gasteiger partial charge in [-0.3, -0.25) is 4.79 Å². The minimum Gasteiger partial charge on any atom is -0.493 e. The number of rotatable bonds is 8. The van der Waals surface area contributed by atoms with Gasteiger partial charge < -0.3 is 19.5 Å². The summed E-state index contributed by atoms with van der Waals surface area (Å²) in [5.41, 5.74) is 1.72. The quantitative estimate of drug-likeness (QED) is 0.718. The van der Waals surface area contributed by atoms with Gasteiger partial charge in [0.2, 0.25) is 0 Å². The molecule has 1 saturated heterocycles. The van der Waals surface area contributed by atoms with Crippen molar-refractivity contribution in [3.63, 3.8) is 0 Å². The first-order valence-electron chi connectivity index (χ1n) is 9.64. The van der Waals surface area contributed by atoms with Crippen LogP contribution in [0.15, 0.2) is 18.2 Å². The fraction of sp³-hybridized carbons (Fsp3) is 0.524. The Balaban J connectivity index is 1.60. The molecule has 7 heteroatoms. The van der Waals surface area contributed by atoms with Gasteiger partial charge >= 0.3 is 0 Å². The maximum Gasteiger partial charge on any atom is 0.263 e. The molecule has 1 amide bonds. The van der Waals surface area contributed by atoms with E-state index in [1.54, 1.807) is 7.11 Å². The molecular weight excluding hydrogens is 376 g/mol. The highest BCUT2D eigenvalue weighted by molar-refractivity contribution is 7.13. The zero-order valence-electron chi connectivity index (χ0n) is 16.9. The molecule has 0 spiro atoms. The predicted octanol–water partition coefficient (Wildman–Crippen LogP) is 4.07. The van der Waals surface area contributed by atoms with Gasteiger partial charge in [0, 0.05) is 19.1 Å². The lowest BCUT2D eigenvalue weighted by Crippen LogP contribution is -2.22. The van der Waals surface area contributed by atoms with Crippen LogP contribution in [0.25, 0.3) is 0 Å². The normalized spacial score (nSPS) is 16.4. The molecule has 0 bridgehead atoms. The van der Waals surface area contributed by atoms with Crippen LogP contribution in [0.5, 0.6) is 11.5 Å². The molecule has 0 saturated carbocycles. The highest BCUT2D eigenvalue weighted by atomic mass is 32.1. The van der Waals surface area contributed by atoms with Crippen molar-refractivity contribution >= 4 is 17.2 Å². The second-order valence-electron chi connectivity index (χ2n) is 7.24. The maximum atomic E-state index is 12.5. The summed E-state index contributed by atoms with van der Waals surface area (Å²) in [5.74, 6) is 1.56. The summed E-state index contributed by atoms with van der Waals surface area (Å²) >= 11 is 1.46. The number of aromatic nitrogens is 1. The van der Waals surface area contributed by atoms with Crippen LogP contribution in [-0.4, -0.2) is 37.3 Å². The summed E-state index contributed by atoms with van der Waals surface area (Å²) in [4.78, 5) is 17.7. The van der Waals surface area contributed by atoms with Crippen LogP contribution in [0.2, 0.25) is 0 Å². The Labute approximate surface area is 170 Å². The molecule has 1 atom stereocenters. The van der Waals surface area contributed by atoms with Crippen molar-refractivity contribution < 1.29 is 19.0 Å². The van der Waals surface area contributed by atoms with Crippen molar-refractivity contribution in [2.24, 2.45) is 0 Å². The highest BCUT2D eigenvalue weighted by Gasteiger charge is 2.18. The number of methoxy groups -OCH3 is 1. The van der Waals surface area contributed by atoms with Crippen LogP contribution < -0.4 is 14.8 Å². The molecule has 3 rings (SSSR count). The average molecular weight is 405 g/mol. The number of aryl methyl sites for hydroxylation is 1. The summed E-state index contributed by atoms with van der Waals surface area (Å²) in [6.45, 7) is 7.77. The lowest BCUT2D eigenvalue weighted by Gasteiger charge is -2.15. The third-order valence-electron chi connectivity index (χ3n) is 4.64. The van der Waals surface area contributed by atoms with E-state index in [0.717, 1.165) is 35.7 Å². The Hall–Kier alpha value is -2.12. The Kier molecular flexibility index (Phi) is 6.91. The fourth-order valence-electron chi connectivity index (χ4n) is 3.04. The third-order valence-corrected chi connectivity index (χ3v) is 6.10. The van der Waals surface area contributed by atoms with Crippen LogP contribution in [0.3, 0.4) is 0 Å². The van der Waals surface area contributed by atoms with Crippen LogP contribution in [0.4, 0.5) is 0 Å². The highest BCUT2D eigenvalue weighted by Crippen LogP contribution is 2.29. The lowest BCUT2D eigenvalue weighted by molar-refractivity contribution is 0.0669. The van der Waals surface area contributed by atoms with Gasteiger partial charge in [0.15, 0.2) is 11.5 Å². The molecule has 1 unspecified atom stereocenters. The van der Waals surface area contributed by atoms with Gasteiger partial charge in [0.1, 0.15) is 11.5 Å². The summed E-state index contributed by atoms with van der Waals surface area (Å²) < 4.78 is 16.9. The van der Waals surface area contributed by atoms with E-state index in [1.165, 1.54) is 11.3 Å². The number of amides is 1. The van der Waals surface area contributed by atoms with Gasteiger partial charge in [0.05, 0.1) is 23.9 Å². The minimum absolute atomic E-state index is 0.0976. The molecule has 1 N–H and O–H groups in total. The van der Waals surface area contributed by atoms with Gasteiger partial charge in [-0.2, -0.15) is 0 Å². The molecular formula is C21H28N2O4S. The van der Waals surface area contributed by atoms with E-state index in [2.05, 4.69) is 24.1 Å². The monoisotopic (exact) mass is 404 g/mol. The first-order chi connectivity index (χ1) is 13.5. The maximum absolute atomic E-state index is 12.5. The second kappa shape index (κ2) is 9.39. The third kappa shape index (κ3) is 5.02. The molecule has 2 aromatic rings. The smallest absolute Gasteiger partial charge is 0.263 e. The van der Waals surface area contributed by atoms with Crippen molar-refractivity contribution in [1.82, 2.24) is 10.3 Å². The van der Waals surface area contributed by atoms with Gasteiger partial charge in [-0.15, -0.1) is 11.3 Å². The number of carbonyl (C=O) groups excluding carboxylic acids is 1. The van der Waals surface area contributed by atoms with Crippen LogP contribution in [-0.2, 0) is 11.3 Å². The van der Waals surface area contributed by atoms with Crippen molar-refractivity contribution in [1.29, 1.82) is 0 Å². The lowest BCUT2D eigenvalue weighted by atomic mass is 10.2. The second-order valence-corrected chi connectivity index (χ2v) is 8.27. The zero-order valence-corrected chi connectivity index (χ0v) is 17.7. The Morgan fingerprint density at radius 1 is 1.39 bits per heavy atom. The predicted molar refractivity (Wildman–Crippen MR) is 110 cm³/mol. The van der Waals surface area contributed by atoms with E-state index in [-0.39, 0.29) is 12.0 Å². The van der Waals surface area contributed by atoms with E-state index >= 15 is 0 Å². The standard InChI is InChI=1S/C21H28N2O4S/c1-13(2)21-23-14(3)19(28-21)20(24)22-11-15-7-8-17(18(10-15)25-4)27-12-16-6-5-9-26-16/h7-8,10,13,16H,5-6,9,11-12H2,1-4H3,(H,22,24). The number of benzene rings is 1.